The largest absolute Gasteiger partial charge is 0.491 e. The van der Waals surface area contributed by atoms with Crippen molar-refractivity contribution in [1.29, 1.82) is 0 Å². The number of nitrogen functional groups attached to an aromatic ring is 2. The molecule has 176 valence electrons. The van der Waals surface area contributed by atoms with Crippen molar-refractivity contribution in [3.8, 4) is 5.75 Å². The molecule has 33 heavy (non-hydrogen) atoms. The van der Waals surface area contributed by atoms with Crippen LogP contribution < -0.4 is 26.1 Å². The lowest BCUT2D eigenvalue weighted by atomic mass is 10.2. The summed E-state index contributed by atoms with van der Waals surface area (Å²) in [5, 5.41) is 11.8. The van der Waals surface area contributed by atoms with Crippen molar-refractivity contribution in [3.05, 3.63) is 34.9 Å². The van der Waals surface area contributed by atoms with Crippen molar-refractivity contribution < 1.29 is 23.9 Å². The number of aryl methyl sites for hydroxylation is 1. The molecule has 1 fully saturated rings. The molecule has 0 radical (unpaired) electrons. The van der Waals surface area contributed by atoms with E-state index in [1.807, 2.05) is 29.8 Å². The molecule has 0 spiro atoms. The van der Waals surface area contributed by atoms with Gasteiger partial charge in [0, 0.05) is 12.7 Å². The van der Waals surface area contributed by atoms with Gasteiger partial charge in [0.2, 0.25) is 0 Å². The van der Waals surface area contributed by atoms with Gasteiger partial charge in [0.05, 0.1) is 19.8 Å². The molecule has 0 bridgehead atoms. The fraction of sp³-hybridized carbons (Fsp3) is 0.429. The molecule has 2 aromatic heterocycles. The Morgan fingerprint density at radius 3 is 2.94 bits per heavy atom. The first kappa shape index (κ1) is 23.0. The van der Waals surface area contributed by atoms with E-state index < -0.39 is 5.91 Å². The van der Waals surface area contributed by atoms with Gasteiger partial charge in [-0.3, -0.25) is 4.79 Å². The number of aromatic nitrogens is 4. The molecule has 11 nitrogen and oxygen atoms in total. The Morgan fingerprint density at radius 2 is 2.21 bits per heavy atom. The van der Waals surface area contributed by atoms with E-state index in [9.17, 15) is 4.79 Å². The number of nitrogens with two attached hydrogens (primary N) is 2. The predicted molar refractivity (Wildman–Crippen MR) is 122 cm³/mol. The van der Waals surface area contributed by atoms with Crippen LogP contribution in [0.25, 0.3) is 11.0 Å². The molecule has 1 atom stereocenters. The summed E-state index contributed by atoms with van der Waals surface area (Å²) in [4.78, 5) is 20.6. The molecule has 1 amide bonds. The number of imidazole rings is 1. The van der Waals surface area contributed by atoms with Gasteiger partial charge in [0.1, 0.15) is 25.4 Å². The zero-order chi connectivity index (χ0) is 23.5. The Morgan fingerprint density at radius 1 is 1.39 bits per heavy atom. The van der Waals surface area contributed by atoms with E-state index in [2.05, 4.69) is 19.9 Å². The number of aliphatic hydroxyl groups is 1. The summed E-state index contributed by atoms with van der Waals surface area (Å²) in [6, 6.07) is 5.72. The van der Waals surface area contributed by atoms with E-state index in [1.165, 1.54) is 0 Å². The third-order valence-corrected chi connectivity index (χ3v) is 5.87. The van der Waals surface area contributed by atoms with Crippen LogP contribution in [-0.2, 0) is 24.9 Å². The van der Waals surface area contributed by atoms with Gasteiger partial charge in [-0.25, -0.2) is 19.1 Å². The number of amides is 1. The summed E-state index contributed by atoms with van der Waals surface area (Å²) in [6.45, 7) is 1.71. The summed E-state index contributed by atoms with van der Waals surface area (Å²) in [7, 11) is 1.93. The molecule has 3 aromatic rings. The van der Waals surface area contributed by atoms with Crippen molar-refractivity contribution in [2.45, 2.75) is 32.0 Å². The van der Waals surface area contributed by atoms with Crippen LogP contribution >= 0.6 is 11.6 Å². The van der Waals surface area contributed by atoms with Crippen molar-refractivity contribution in [1.82, 2.24) is 19.9 Å². The number of ether oxygens (including phenoxy) is 2. The van der Waals surface area contributed by atoms with Gasteiger partial charge in [-0.15, -0.1) is 0 Å². The molecule has 0 unspecified atom stereocenters. The zero-order valence-corrected chi connectivity index (χ0v) is 19.0. The Kier molecular flexibility index (Phi) is 6.82. The third-order valence-electron chi connectivity index (χ3n) is 5.59. The SMILES string of the molecule is C[n+]1c(CNC(=O)c2nc(Cl)c(N)nc2N)n(C[C@@H]2CCCO2)c2cc(OCCO)ccc21. The number of hydrogen-bond acceptors (Lipinski definition) is 8. The number of anilines is 2. The Hall–Kier alpha value is -3.15. The highest BCUT2D eigenvalue weighted by atomic mass is 35.5. The normalized spacial score (nSPS) is 15.8. The van der Waals surface area contributed by atoms with Gasteiger partial charge in [-0.1, -0.05) is 11.6 Å². The number of fused-ring (bicyclic) bond motifs is 1. The average Bonchev–Trinajstić information content (AvgIpc) is 3.40. The first-order chi connectivity index (χ1) is 15.9. The highest BCUT2D eigenvalue weighted by molar-refractivity contribution is 6.31. The third kappa shape index (κ3) is 4.80. The first-order valence-corrected chi connectivity index (χ1v) is 11.0. The summed E-state index contributed by atoms with van der Waals surface area (Å²) < 4.78 is 15.6. The Bertz CT molecular complexity index is 1180. The minimum atomic E-state index is -0.511. The number of rotatable bonds is 8. The number of halogens is 1. The summed E-state index contributed by atoms with van der Waals surface area (Å²) in [5.74, 6) is 0.861. The highest BCUT2D eigenvalue weighted by Gasteiger charge is 2.28. The van der Waals surface area contributed by atoms with Crippen LogP contribution in [-0.4, -0.2) is 51.5 Å². The summed E-state index contributed by atoms with van der Waals surface area (Å²) in [5.41, 5.74) is 13.2. The molecule has 12 heteroatoms. The quantitative estimate of drug-likeness (QED) is 0.344. The highest BCUT2D eigenvalue weighted by Crippen LogP contribution is 2.24. The average molecular weight is 477 g/mol. The Labute approximate surface area is 195 Å². The number of carbonyl (C=O) groups is 1. The lowest BCUT2D eigenvalue weighted by Gasteiger charge is -2.11. The summed E-state index contributed by atoms with van der Waals surface area (Å²) in [6.07, 6.45) is 2.06. The van der Waals surface area contributed by atoms with Crippen LogP contribution in [0.3, 0.4) is 0 Å². The van der Waals surface area contributed by atoms with Crippen LogP contribution in [0.4, 0.5) is 11.6 Å². The molecule has 1 aliphatic rings. The maximum Gasteiger partial charge on any atom is 0.277 e. The molecule has 0 saturated carbocycles. The van der Waals surface area contributed by atoms with Crippen LogP contribution in [0.15, 0.2) is 18.2 Å². The number of hydrogen-bond donors (Lipinski definition) is 4. The second-order valence-electron chi connectivity index (χ2n) is 7.76. The molecule has 4 rings (SSSR count). The number of carbonyl (C=O) groups excluding carboxylic acids is 1. The fourth-order valence-corrected chi connectivity index (χ4v) is 4.10. The standard InChI is InChI=1S/C21H26ClN7O4/c1-28-14-5-4-12(33-8-6-30)9-15(14)29(11-13-3-2-7-32-13)16(28)10-25-21(31)17-19(23)27-20(24)18(22)26-17/h4-5,9,13,30H,2-3,6-8,10-11H2,1H3,(H4-,23,24,25,27,31)/p+1/t13-/m0/s1. The topological polar surface area (TPSA) is 154 Å². The van der Waals surface area contributed by atoms with Crippen LogP contribution in [0.2, 0.25) is 5.15 Å². The van der Waals surface area contributed by atoms with E-state index in [0.717, 1.165) is 36.3 Å². The second kappa shape index (κ2) is 9.77. The maximum absolute atomic E-state index is 12.8. The van der Waals surface area contributed by atoms with Gasteiger partial charge in [0.25, 0.3) is 11.7 Å². The van der Waals surface area contributed by atoms with E-state index >= 15 is 0 Å². The molecule has 1 aliphatic heterocycles. The minimum Gasteiger partial charge on any atom is -0.491 e. The first-order valence-electron chi connectivity index (χ1n) is 10.6. The molecule has 0 aliphatic carbocycles. The number of nitrogens with zero attached hydrogens (tertiary/aromatic N) is 4. The fourth-order valence-electron chi connectivity index (χ4n) is 3.98. The Balaban J connectivity index is 1.65. The second-order valence-corrected chi connectivity index (χ2v) is 8.12. The molecule has 1 saturated heterocycles. The van der Waals surface area contributed by atoms with E-state index in [1.54, 1.807) is 0 Å². The van der Waals surface area contributed by atoms with Gasteiger partial charge in [-0.05, 0) is 25.0 Å². The zero-order valence-electron chi connectivity index (χ0n) is 18.3. The van der Waals surface area contributed by atoms with Crippen molar-refractivity contribution in [2.75, 3.05) is 31.3 Å². The molecular weight excluding hydrogens is 450 g/mol. The van der Waals surface area contributed by atoms with Gasteiger partial charge >= 0.3 is 0 Å². The van der Waals surface area contributed by atoms with Gasteiger partial charge < -0.3 is 31.4 Å². The van der Waals surface area contributed by atoms with E-state index in [0.29, 0.717) is 12.3 Å². The molecule has 6 N–H and O–H groups in total. The van der Waals surface area contributed by atoms with Crippen molar-refractivity contribution >= 4 is 40.2 Å². The lowest BCUT2D eigenvalue weighted by Crippen LogP contribution is -2.38. The smallest absolute Gasteiger partial charge is 0.277 e. The van der Waals surface area contributed by atoms with Crippen LogP contribution in [0.1, 0.15) is 29.2 Å². The van der Waals surface area contributed by atoms with E-state index in [4.69, 9.17) is 37.6 Å². The summed E-state index contributed by atoms with van der Waals surface area (Å²) >= 11 is 5.91. The molecule has 1 aromatic carbocycles. The van der Waals surface area contributed by atoms with Gasteiger partial charge in [-0.2, -0.15) is 0 Å². The van der Waals surface area contributed by atoms with E-state index in [-0.39, 0.29) is 48.3 Å². The number of aliphatic hydroxyl groups excluding tert-OH is 1. The number of nitrogens with one attached hydrogen (secondary N) is 1. The predicted octanol–water partition coefficient (Wildman–Crippen LogP) is 0.554. The van der Waals surface area contributed by atoms with Crippen LogP contribution in [0, 0.1) is 0 Å². The molecule has 3 heterocycles. The number of benzene rings is 1. The van der Waals surface area contributed by atoms with Crippen molar-refractivity contribution in [2.24, 2.45) is 7.05 Å². The van der Waals surface area contributed by atoms with Crippen LogP contribution in [0.5, 0.6) is 5.75 Å². The molecular formula is C21H27ClN7O4+. The monoisotopic (exact) mass is 476 g/mol. The maximum atomic E-state index is 12.8. The van der Waals surface area contributed by atoms with Gasteiger partial charge in [0.15, 0.2) is 33.5 Å². The minimum absolute atomic E-state index is 0.0342. The lowest BCUT2D eigenvalue weighted by molar-refractivity contribution is -0.654. The van der Waals surface area contributed by atoms with Crippen molar-refractivity contribution in [3.63, 3.8) is 0 Å².